The van der Waals surface area contributed by atoms with Gasteiger partial charge in [0, 0.05) is 18.2 Å². The average Bonchev–Trinajstić information content (AvgIpc) is 2.81. The van der Waals surface area contributed by atoms with Gasteiger partial charge in [-0.25, -0.2) is 4.79 Å². The topological polar surface area (TPSA) is 93.5 Å². The van der Waals surface area contributed by atoms with Crippen molar-refractivity contribution >= 4 is 0 Å². The summed E-state index contributed by atoms with van der Waals surface area (Å²) in [5.41, 5.74) is -1.74. The molecule has 0 radical (unpaired) electrons. The minimum atomic E-state index is -0.745. The highest BCUT2D eigenvalue weighted by Crippen LogP contribution is 2.48. The van der Waals surface area contributed by atoms with Gasteiger partial charge < -0.3 is 14.6 Å². The molecule has 1 unspecified atom stereocenters. The fraction of sp³-hybridized carbons (Fsp3) is 0.636. The monoisotopic (exact) mass is 254 g/mol. The molecule has 0 saturated carbocycles. The van der Waals surface area contributed by atoms with E-state index in [1.165, 1.54) is 16.8 Å². The van der Waals surface area contributed by atoms with E-state index in [0.29, 0.717) is 6.61 Å². The van der Waals surface area contributed by atoms with E-state index in [9.17, 15) is 14.7 Å². The Bertz CT molecular complexity index is 579. The number of aliphatic hydroxyl groups is 1. The van der Waals surface area contributed by atoms with Crippen LogP contribution in [0, 0.1) is 5.92 Å². The summed E-state index contributed by atoms with van der Waals surface area (Å²) < 4.78 is 12.6. The summed E-state index contributed by atoms with van der Waals surface area (Å²) in [6, 6.07) is 1.26. The van der Waals surface area contributed by atoms with Crippen molar-refractivity contribution in [2.75, 3.05) is 13.2 Å². The van der Waals surface area contributed by atoms with Gasteiger partial charge in [0.25, 0.3) is 5.56 Å². The molecule has 2 fully saturated rings. The number of aliphatic hydroxyl groups excluding tert-OH is 1. The Balaban J connectivity index is 2.01. The van der Waals surface area contributed by atoms with Gasteiger partial charge in [-0.3, -0.25) is 14.3 Å². The van der Waals surface area contributed by atoms with Crippen LogP contribution in [-0.2, 0) is 9.47 Å². The van der Waals surface area contributed by atoms with E-state index in [1.807, 2.05) is 6.92 Å². The maximum atomic E-state index is 11.7. The molecule has 7 nitrogen and oxygen atoms in total. The Morgan fingerprint density at radius 3 is 3.00 bits per heavy atom. The van der Waals surface area contributed by atoms with Crippen LogP contribution in [0.1, 0.15) is 13.2 Å². The number of rotatable bonds is 2. The third-order valence-corrected chi connectivity index (χ3v) is 3.87. The molecule has 3 heterocycles. The summed E-state index contributed by atoms with van der Waals surface area (Å²) in [5, 5.41) is 9.44. The summed E-state index contributed by atoms with van der Waals surface area (Å²) in [7, 11) is 0. The number of aromatic nitrogens is 2. The molecule has 0 amide bonds. The summed E-state index contributed by atoms with van der Waals surface area (Å²) >= 11 is 0. The smallest absolute Gasteiger partial charge is 0.330 e. The molecule has 0 spiro atoms. The Morgan fingerprint density at radius 1 is 1.61 bits per heavy atom. The summed E-state index contributed by atoms with van der Waals surface area (Å²) in [6.45, 7) is 2.09. The van der Waals surface area contributed by atoms with Crippen LogP contribution in [0.2, 0.25) is 0 Å². The van der Waals surface area contributed by atoms with E-state index in [1.54, 1.807) is 0 Å². The molecule has 0 aliphatic carbocycles. The molecular weight excluding hydrogens is 240 g/mol. The number of aromatic amines is 1. The van der Waals surface area contributed by atoms with Gasteiger partial charge in [-0.15, -0.1) is 0 Å². The molecule has 4 atom stereocenters. The molecular formula is C11H14N2O5. The summed E-state index contributed by atoms with van der Waals surface area (Å²) in [6.07, 6.45) is 0.485. The number of nitrogens with one attached hydrogen (secondary N) is 1. The van der Waals surface area contributed by atoms with Crippen LogP contribution in [0.15, 0.2) is 21.9 Å². The van der Waals surface area contributed by atoms with Crippen LogP contribution in [0.25, 0.3) is 0 Å². The normalized spacial score (nSPS) is 38.2. The van der Waals surface area contributed by atoms with E-state index in [2.05, 4.69) is 4.98 Å². The molecule has 2 saturated heterocycles. The number of hydrogen-bond acceptors (Lipinski definition) is 5. The summed E-state index contributed by atoms with van der Waals surface area (Å²) in [5.74, 6) is -0.00803. The molecule has 98 valence electrons. The Hall–Kier alpha value is -1.44. The molecule has 1 aromatic heterocycles. The van der Waals surface area contributed by atoms with Crippen LogP contribution < -0.4 is 11.2 Å². The van der Waals surface area contributed by atoms with E-state index < -0.39 is 23.1 Å². The Morgan fingerprint density at radius 2 is 2.39 bits per heavy atom. The van der Waals surface area contributed by atoms with E-state index in [0.717, 1.165) is 0 Å². The van der Waals surface area contributed by atoms with Gasteiger partial charge in [0.05, 0.1) is 13.2 Å². The summed E-state index contributed by atoms with van der Waals surface area (Å²) in [4.78, 5) is 24.9. The van der Waals surface area contributed by atoms with Gasteiger partial charge in [0.15, 0.2) is 6.23 Å². The lowest BCUT2D eigenvalue weighted by molar-refractivity contribution is -0.186. The third kappa shape index (κ3) is 1.41. The minimum Gasteiger partial charge on any atom is -0.393 e. The molecule has 3 rings (SSSR count). The van der Waals surface area contributed by atoms with Gasteiger partial charge in [-0.1, -0.05) is 6.92 Å². The zero-order valence-corrected chi connectivity index (χ0v) is 9.83. The van der Waals surface area contributed by atoms with Crippen molar-refractivity contribution < 1.29 is 14.6 Å². The predicted molar refractivity (Wildman–Crippen MR) is 60.2 cm³/mol. The molecule has 7 heteroatoms. The van der Waals surface area contributed by atoms with E-state index in [4.69, 9.17) is 9.47 Å². The third-order valence-electron chi connectivity index (χ3n) is 3.87. The molecule has 0 aromatic carbocycles. The quantitative estimate of drug-likeness (QED) is 0.693. The van der Waals surface area contributed by atoms with Crippen molar-refractivity contribution in [1.82, 2.24) is 9.55 Å². The largest absolute Gasteiger partial charge is 0.393 e. The maximum absolute atomic E-state index is 11.7. The molecule has 2 bridgehead atoms. The van der Waals surface area contributed by atoms with Crippen molar-refractivity contribution in [3.63, 3.8) is 0 Å². The van der Waals surface area contributed by atoms with Gasteiger partial charge in [0.2, 0.25) is 0 Å². The Kier molecular flexibility index (Phi) is 2.44. The van der Waals surface area contributed by atoms with Gasteiger partial charge in [-0.2, -0.15) is 0 Å². The van der Waals surface area contributed by atoms with E-state index in [-0.39, 0.29) is 18.6 Å². The van der Waals surface area contributed by atoms with Crippen molar-refractivity contribution in [1.29, 1.82) is 0 Å². The standard InChI is InChI=1S/C11H14N2O5/c1-6-8-9(18-11(6,4-14)5-17-8)13-3-2-7(15)12-10(13)16/h2-3,6,8-9,14H,4-5H2,1H3,(H,12,15,16)/t6?,8-,9+,11-/m0/s1. The van der Waals surface area contributed by atoms with Gasteiger partial charge >= 0.3 is 5.69 Å². The van der Waals surface area contributed by atoms with Gasteiger partial charge in [-0.05, 0) is 0 Å². The average molecular weight is 254 g/mol. The van der Waals surface area contributed by atoms with Crippen LogP contribution in [0.5, 0.6) is 0 Å². The number of nitrogens with zero attached hydrogens (tertiary/aromatic N) is 1. The molecule has 2 aliphatic rings. The lowest BCUT2D eigenvalue weighted by Crippen LogP contribution is -2.43. The van der Waals surface area contributed by atoms with Crippen molar-refractivity contribution in [2.45, 2.75) is 24.9 Å². The van der Waals surface area contributed by atoms with Gasteiger partial charge in [0.1, 0.15) is 11.7 Å². The number of H-pyrrole nitrogens is 1. The predicted octanol–water partition coefficient (Wildman–Crippen LogP) is -1.17. The van der Waals surface area contributed by atoms with Crippen molar-refractivity contribution in [2.24, 2.45) is 5.92 Å². The fourth-order valence-electron chi connectivity index (χ4n) is 2.66. The van der Waals surface area contributed by atoms with Crippen LogP contribution in [-0.4, -0.2) is 39.6 Å². The van der Waals surface area contributed by atoms with E-state index >= 15 is 0 Å². The number of hydrogen-bond donors (Lipinski definition) is 2. The second-order valence-corrected chi connectivity index (χ2v) is 4.81. The van der Waals surface area contributed by atoms with Crippen molar-refractivity contribution in [3.05, 3.63) is 33.1 Å². The zero-order valence-electron chi connectivity index (χ0n) is 9.83. The maximum Gasteiger partial charge on any atom is 0.330 e. The zero-order chi connectivity index (χ0) is 12.9. The molecule has 2 N–H and O–H groups in total. The minimum absolute atomic E-state index is 0.00803. The highest BCUT2D eigenvalue weighted by molar-refractivity contribution is 5.04. The SMILES string of the molecule is CC1[C@@H]2OC[C@]1(CO)O[C@H]2n1ccc(=O)[nH]c1=O. The molecule has 1 aromatic rings. The van der Waals surface area contributed by atoms with Crippen LogP contribution in [0.4, 0.5) is 0 Å². The first-order valence-corrected chi connectivity index (χ1v) is 5.79. The second kappa shape index (κ2) is 3.78. The number of fused-ring (bicyclic) bond motifs is 2. The Labute approximate surface area is 102 Å². The van der Waals surface area contributed by atoms with Crippen LogP contribution in [0.3, 0.4) is 0 Å². The molecule has 18 heavy (non-hydrogen) atoms. The van der Waals surface area contributed by atoms with Crippen LogP contribution >= 0.6 is 0 Å². The second-order valence-electron chi connectivity index (χ2n) is 4.81. The molecule has 2 aliphatic heterocycles. The first-order chi connectivity index (χ1) is 8.57. The first kappa shape index (κ1) is 11.6. The lowest BCUT2D eigenvalue weighted by Gasteiger charge is -2.30. The highest BCUT2D eigenvalue weighted by atomic mass is 16.6. The van der Waals surface area contributed by atoms with Crippen molar-refractivity contribution in [3.8, 4) is 0 Å². The fourth-order valence-corrected chi connectivity index (χ4v) is 2.66. The number of ether oxygens (including phenoxy) is 2. The first-order valence-electron chi connectivity index (χ1n) is 5.79. The lowest BCUT2D eigenvalue weighted by atomic mass is 9.91. The highest BCUT2D eigenvalue weighted by Gasteiger charge is 2.59.